The van der Waals surface area contributed by atoms with Gasteiger partial charge in [-0.1, -0.05) is 20.8 Å². The van der Waals surface area contributed by atoms with Crippen molar-refractivity contribution in [2.45, 2.75) is 59.0 Å². The minimum Gasteiger partial charge on any atom is -0.383 e. The number of aromatic nitrogens is 1. The van der Waals surface area contributed by atoms with Crippen molar-refractivity contribution in [1.82, 2.24) is 4.98 Å². The molecule has 2 unspecified atom stereocenters. The zero-order chi connectivity index (χ0) is 15.1. The summed E-state index contributed by atoms with van der Waals surface area (Å²) in [5.74, 6) is 0.472. The first-order valence-corrected chi connectivity index (χ1v) is 8.35. The molecule has 0 saturated carbocycles. The minimum atomic E-state index is 0.465. The van der Waals surface area contributed by atoms with E-state index in [-0.39, 0.29) is 0 Å². The summed E-state index contributed by atoms with van der Waals surface area (Å²) in [7, 11) is 1.74. The standard InChI is InChI=1S/C15H29N3OS/c1-6-11(3)14-13(10-16)20-15(17-14)18(8-9-19-5)12(4)7-2/h11-12H,6-10,16H2,1-5H3. The fraction of sp³-hybridized carbons (Fsp3) is 0.800. The van der Waals surface area contributed by atoms with Gasteiger partial charge in [0.2, 0.25) is 0 Å². The van der Waals surface area contributed by atoms with Gasteiger partial charge in [0.1, 0.15) is 0 Å². The van der Waals surface area contributed by atoms with Gasteiger partial charge >= 0.3 is 0 Å². The molecular weight excluding hydrogens is 270 g/mol. The van der Waals surface area contributed by atoms with Gasteiger partial charge in [0.15, 0.2) is 5.13 Å². The van der Waals surface area contributed by atoms with Crippen LogP contribution in [0.2, 0.25) is 0 Å². The van der Waals surface area contributed by atoms with Crippen LogP contribution < -0.4 is 10.6 Å². The van der Waals surface area contributed by atoms with Crippen molar-refractivity contribution in [3.05, 3.63) is 10.6 Å². The smallest absolute Gasteiger partial charge is 0.186 e. The van der Waals surface area contributed by atoms with E-state index in [1.807, 2.05) is 0 Å². The second-order valence-corrected chi connectivity index (χ2v) is 6.32. The van der Waals surface area contributed by atoms with Crippen LogP contribution in [0.5, 0.6) is 0 Å². The van der Waals surface area contributed by atoms with E-state index >= 15 is 0 Å². The Hall–Kier alpha value is -0.650. The van der Waals surface area contributed by atoms with Crippen LogP contribution in [-0.2, 0) is 11.3 Å². The highest BCUT2D eigenvalue weighted by Gasteiger charge is 2.21. The van der Waals surface area contributed by atoms with E-state index in [9.17, 15) is 0 Å². The molecule has 0 aliphatic carbocycles. The average molecular weight is 299 g/mol. The first-order valence-electron chi connectivity index (χ1n) is 7.54. The van der Waals surface area contributed by atoms with E-state index in [1.54, 1.807) is 18.4 Å². The Balaban J connectivity index is 3.03. The molecule has 2 N–H and O–H groups in total. The molecule has 5 heteroatoms. The Bertz CT molecular complexity index is 394. The monoisotopic (exact) mass is 299 g/mol. The summed E-state index contributed by atoms with van der Waals surface area (Å²) >= 11 is 1.74. The highest BCUT2D eigenvalue weighted by atomic mass is 32.1. The van der Waals surface area contributed by atoms with Crippen LogP contribution in [0.1, 0.15) is 57.0 Å². The zero-order valence-electron chi connectivity index (χ0n) is 13.5. The number of methoxy groups -OCH3 is 1. The molecule has 1 aromatic heterocycles. The fourth-order valence-electron chi connectivity index (χ4n) is 2.11. The van der Waals surface area contributed by atoms with Crippen molar-refractivity contribution >= 4 is 16.5 Å². The number of anilines is 1. The fourth-order valence-corrected chi connectivity index (χ4v) is 3.30. The molecule has 0 amide bonds. The number of hydrogen-bond donors (Lipinski definition) is 1. The molecule has 0 bridgehead atoms. The van der Waals surface area contributed by atoms with Gasteiger partial charge in [0.25, 0.3) is 0 Å². The molecule has 1 rings (SSSR count). The summed E-state index contributed by atoms with van der Waals surface area (Å²) in [4.78, 5) is 8.45. The van der Waals surface area contributed by atoms with Gasteiger partial charge in [-0.05, 0) is 25.7 Å². The Morgan fingerprint density at radius 1 is 1.30 bits per heavy atom. The lowest BCUT2D eigenvalue weighted by atomic mass is 10.0. The highest BCUT2D eigenvalue weighted by molar-refractivity contribution is 7.15. The van der Waals surface area contributed by atoms with Crippen LogP contribution >= 0.6 is 11.3 Å². The van der Waals surface area contributed by atoms with Gasteiger partial charge in [0, 0.05) is 31.1 Å². The summed E-state index contributed by atoms with van der Waals surface area (Å²) in [5, 5.41) is 1.09. The second kappa shape index (κ2) is 8.60. The predicted molar refractivity (Wildman–Crippen MR) is 87.7 cm³/mol. The lowest BCUT2D eigenvalue weighted by Crippen LogP contribution is -2.35. The lowest BCUT2D eigenvalue weighted by molar-refractivity contribution is 0.203. The van der Waals surface area contributed by atoms with E-state index < -0.39 is 0 Å². The summed E-state index contributed by atoms with van der Waals surface area (Å²) in [6.45, 7) is 11.0. The van der Waals surface area contributed by atoms with Crippen LogP contribution in [-0.4, -0.2) is 31.3 Å². The molecule has 116 valence electrons. The lowest BCUT2D eigenvalue weighted by Gasteiger charge is -2.27. The van der Waals surface area contributed by atoms with Crippen LogP contribution in [0.15, 0.2) is 0 Å². The Morgan fingerprint density at radius 2 is 2.00 bits per heavy atom. The van der Waals surface area contributed by atoms with Crippen LogP contribution in [0.3, 0.4) is 0 Å². The maximum absolute atomic E-state index is 5.89. The maximum Gasteiger partial charge on any atom is 0.186 e. The molecule has 0 aromatic carbocycles. The van der Waals surface area contributed by atoms with Crippen molar-refractivity contribution in [3.63, 3.8) is 0 Å². The molecule has 1 heterocycles. The molecule has 20 heavy (non-hydrogen) atoms. The van der Waals surface area contributed by atoms with E-state index in [2.05, 4.69) is 32.6 Å². The number of ether oxygens (including phenoxy) is 1. The van der Waals surface area contributed by atoms with Gasteiger partial charge in [-0.3, -0.25) is 0 Å². The van der Waals surface area contributed by atoms with Crippen LogP contribution in [0.25, 0.3) is 0 Å². The summed E-state index contributed by atoms with van der Waals surface area (Å²) < 4.78 is 5.23. The van der Waals surface area contributed by atoms with Crippen molar-refractivity contribution < 1.29 is 4.74 Å². The van der Waals surface area contributed by atoms with Gasteiger partial charge in [-0.25, -0.2) is 4.98 Å². The topological polar surface area (TPSA) is 51.4 Å². The van der Waals surface area contributed by atoms with Crippen molar-refractivity contribution in [3.8, 4) is 0 Å². The molecule has 0 spiro atoms. The Kier molecular flexibility index (Phi) is 7.48. The molecule has 1 aromatic rings. The Morgan fingerprint density at radius 3 is 2.50 bits per heavy atom. The average Bonchev–Trinajstić information content (AvgIpc) is 2.90. The zero-order valence-corrected chi connectivity index (χ0v) is 14.3. The van der Waals surface area contributed by atoms with E-state index in [4.69, 9.17) is 15.5 Å². The van der Waals surface area contributed by atoms with E-state index in [0.717, 1.165) is 31.1 Å². The number of nitrogens with zero attached hydrogens (tertiary/aromatic N) is 2. The number of hydrogen-bond acceptors (Lipinski definition) is 5. The third kappa shape index (κ3) is 4.17. The van der Waals surface area contributed by atoms with Crippen molar-refractivity contribution in [1.29, 1.82) is 0 Å². The van der Waals surface area contributed by atoms with Gasteiger partial charge in [-0.15, -0.1) is 11.3 Å². The van der Waals surface area contributed by atoms with Crippen molar-refractivity contribution in [2.24, 2.45) is 5.73 Å². The minimum absolute atomic E-state index is 0.465. The van der Waals surface area contributed by atoms with Crippen molar-refractivity contribution in [2.75, 3.05) is 25.2 Å². The molecule has 2 atom stereocenters. The first-order chi connectivity index (χ1) is 9.58. The van der Waals surface area contributed by atoms with Gasteiger partial charge < -0.3 is 15.4 Å². The summed E-state index contributed by atoms with van der Waals surface area (Å²) in [6.07, 6.45) is 2.19. The van der Waals surface area contributed by atoms with E-state index in [0.29, 0.717) is 18.5 Å². The van der Waals surface area contributed by atoms with Gasteiger partial charge in [-0.2, -0.15) is 0 Å². The largest absolute Gasteiger partial charge is 0.383 e. The van der Waals surface area contributed by atoms with Crippen LogP contribution in [0, 0.1) is 0 Å². The summed E-state index contributed by atoms with van der Waals surface area (Å²) in [6, 6.07) is 0.465. The predicted octanol–water partition coefficient (Wildman–Crippen LogP) is 3.37. The third-order valence-electron chi connectivity index (χ3n) is 3.89. The first kappa shape index (κ1) is 17.4. The number of thiazole rings is 1. The van der Waals surface area contributed by atoms with E-state index in [1.165, 1.54) is 10.6 Å². The molecule has 0 aliphatic rings. The quantitative estimate of drug-likeness (QED) is 0.759. The maximum atomic E-state index is 5.89. The third-order valence-corrected chi connectivity index (χ3v) is 5.02. The molecule has 0 aliphatic heterocycles. The SMILES string of the molecule is CCC(C)c1nc(N(CCOC)C(C)CC)sc1CN. The summed E-state index contributed by atoms with van der Waals surface area (Å²) in [5.41, 5.74) is 7.07. The normalized spacial score (nSPS) is 14.3. The molecular formula is C15H29N3OS. The second-order valence-electron chi connectivity index (χ2n) is 5.26. The number of nitrogens with two attached hydrogens (primary N) is 1. The molecule has 0 fully saturated rings. The number of rotatable bonds is 9. The molecule has 0 radical (unpaired) electrons. The van der Waals surface area contributed by atoms with Gasteiger partial charge in [0.05, 0.1) is 12.3 Å². The molecule has 0 saturated heterocycles. The van der Waals surface area contributed by atoms with Crippen LogP contribution in [0.4, 0.5) is 5.13 Å². The Labute approximate surface area is 127 Å². The highest BCUT2D eigenvalue weighted by Crippen LogP contribution is 2.33. The molecule has 4 nitrogen and oxygen atoms in total.